The van der Waals surface area contributed by atoms with Crippen molar-refractivity contribution in [1.82, 2.24) is 9.29 Å². The SMILES string of the molecule is Cl.NCC1CCN(S(=O)(=O)c2cncc(F)c2)C1. The zero-order valence-electron chi connectivity index (χ0n) is 9.62. The average Bonchev–Trinajstić information content (AvgIpc) is 2.78. The van der Waals surface area contributed by atoms with Crippen LogP contribution < -0.4 is 5.73 Å². The summed E-state index contributed by atoms with van der Waals surface area (Å²) < 4.78 is 38.5. The molecule has 0 aromatic carbocycles. The van der Waals surface area contributed by atoms with Crippen LogP contribution in [0.5, 0.6) is 0 Å². The summed E-state index contributed by atoms with van der Waals surface area (Å²) in [5.41, 5.74) is 5.51. The number of rotatable bonds is 3. The molecule has 2 N–H and O–H groups in total. The highest BCUT2D eigenvalue weighted by Crippen LogP contribution is 2.23. The molecule has 1 aliphatic rings. The van der Waals surface area contributed by atoms with Gasteiger partial charge in [-0.2, -0.15) is 4.31 Å². The lowest BCUT2D eigenvalue weighted by molar-refractivity contribution is 0.458. The van der Waals surface area contributed by atoms with Crippen LogP contribution in [0.3, 0.4) is 0 Å². The number of aromatic nitrogens is 1. The summed E-state index contributed by atoms with van der Waals surface area (Å²) in [6.07, 6.45) is 2.89. The van der Waals surface area contributed by atoms with Gasteiger partial charge < -0.3 is 5.73 Å². The zero-order valence-corrected chi connectivity index (χ0v) is 11.3. The fourth-order valence-electron chi connectivity index (χ4n) is 1.89. The summed E-state index contributed by atoms with van der Waals surface area (Å²) in [4.78, 5) is 3.45. The third kappa shape index (κ3) is 2.97. The zero-order chi connectivity index (χ0) is 12.5. The van der Waals surface area contributed by atoms with Crippen molar-refractivity contribution in [2.75, 3.05) is 19.6 Å². The Morgan fingerprint density at radius 1 is 1.50 bits per heavy atom. The van der Waals surface area contributed by atoms with Crippen molar-refractivity contribution >= 4 is 22.4 Å². The molecular formula is C10H15ClFN3O2S. The van der Waals surface area contributed by atoms with Crippen LogP contribution in [0, 0.1) is 11.7 Å². The highest BCUT2D eigenvalue weighted by molar-refractivity contribution is 7.89. The third-order valence-electron chi connectivity index (χ3n) is 2.90. The molecule has 1 aliphatic heterocycles. The standard InChI is InChI=1S/C10H14FN3O2S.ClH/c11-9-3-10(6-13-5-9)17(15,16)14-2-1-8(4-12)7-14;/h3,5-6,8H,1-2,4,7,12H2;1H. The molecule has 1 unspecified atom stereocenters. The van der Waals surface area contributed by atoms with Gasteiger partial charge in [-0.05, 0) is 24.9 Å². The van der Waals surface area contributed by atoms with E-state index in [1.54, 1.807) is 0 Å². The van der Waals surface area contributed by atoms with E-state index in [9.17, 15) is 12.8 Å². The largest absolute Gasteiger partial charge is 0.330 e. The summed E-state index contributed by atoms with van der Waals surface area (Å²) in [6, 6.07) is 0.984. The minimum atomic E-state index is -3.63. The van der Waals surface area contributed by atoms with Crippen molar-refractivity contribution in [2.45, 2.75) is 11.3 Å². The van der Waals surface area contributed by atoms with Gasteiger partial charge in [0, 0.05) is 19.3 Å². The minimum Gasteiger partial charge on any atom is -0.330 e. The lowest BCUT2D eigenvalue weighted by Gasteiger charge is -2.15. The molecule has 1 fully saturated rings. The second kappa shape index (κ2) is 5.92. The Morgan fingerprint density at radius 2 is 2.22 bits per heavy atom. The van der Waals surface area contributed by atoms with E-state index in [1.807, 2.05) is 0 Å². The number of nitrogens with two attached hydrogens (primary N) is 1. The molecule has 0 saturated carbocycles. The predicted octanol–water partition coefficient (Wildman–Crippen LogP) is 0.612. The smallest absolute Gasteiger partial charge is 0.244 e. The average molecular weight is 296 g/mol. The molecule has 0 radical (unpaired) electrons. The molecule has 1 saturated heterocycles. The van der Waals surface area contributed by atoms with Gasteiger partial charge in [0.15, 0.2) is 0 Å². The van der Waals surface area contributed by atoms with Gasteiger partial charge in [-0.3, -0.25) is 4.98 Å². The van der Waals surface area contributed by atoms with E-state index in [-0.39, 0.29) is 23.2 Å². The first-order valence-electron chi connectivity index (χ1n) is 5.35. The van der Waals surface area contributed by atoms with E-state index in [2.05, 4.69) is 4.98 Å². The molecule has 102 valence electrons. The van der Waals surface area contributed by atoms with Gasteiger partial charge in [0.1, 0.15) is 10.7 Å². The molecule has 5 nitrogen and oxygen atoms in total. The Hall–Kier alpha value is -0.760. The molecule has 18 heavy (non-hydrogen) atoms. The van der Waals surface area contributed by atoms with E-state index >= 15 is 0 Å². The lowest BCUT2D eigenvalue weighted by Crippen LogP contribution is -2.30. The maximum absolute atomic E-state index is 13.0. The monoisotopic (exact) mass is 295 g/mol. The number of hydrogen-bond acceptors (Lipinski definition) is 4. The minimum absolute atomic E-state index is 0. The highest BCUT2D eigenvalue weighted by atomic mass is 35.5. The van der Waals surface area contributed by atoms with Gasteiger partial charge in [0.05, 0.1) is 6.20 Å². The second-order valence-corrected chi connectivity index (χ2v) is 6.03. The summed E-state index contributed by atoms with van der Waals surface area (Å²) in [5.74, 6) is -0.466. The van der Waals surface area contributed by atoms with Gasteiger partial charge in [-0.1, -0.05) is 0 Å². The van der Waals surface area contributed by atoms with Crippen LogP contribution in [0.4, 0.5) is 4.39 Å². The number of hydrogen-bond donors (Lipinski definition) is 1. The summed E-state index contributed by atoms with van der Waals surface area (Å²) in [6.45, 7) is 1.30. The molecular weight excluding hydrogens is 281 g/mol. The topological polar surface area (TPSA) is 76.3 Å². The molecule has 0 spiro atoms. The Kier molecular flexibility index (Phi) is 5.03. The molecule has 0 bridgehead atoms. The molecule has 2 heterocycles. The first kappa shape index (κ1) is 15.3. The van der Waals surface area contributed by atoms with E-state index in [0.717, 1.165) is 24.9 Å². The summed E-state index contributed by atoms with van der Waals surface area (Å²) >= 11 is 0. The Balaban J connectivity index is 0.00000162. The molecule has 1 aromatic rings. The van der Waals surface area contributed by atoms with Gasteiger partial charge in [0.25, 0.3) is 0 Å². The van der Waals surface area contributed by atoms with Crippen molar-refractivity contribution in [3.8, 4) is 0 Å². The van der Waals surface area contributed by atoms with Crippen LogP contribution >= 0.6 is 12.4 Å². The van der Waals surface area contributed by atoms with Gasteiger partial charge in [-0.25, -0.2) is 12.8 Å². The molecule has 1 atom stereocenters. The molecule has 0 aliphatic carbocycles. The first-order chi connectivity index (χ1) is 8.04. The predicted molar refractivity (Wildman–Crippen MR) is 67.4 cm³/mol. The van der Waals surface area contributed by atoms with Crippen LogP contribution in [0.25, 0.3) is 0 Å². The van der Waals surface area contributed by atoms with Crippen LogP contribution in [-0.4, -0.2) is 37.3 Å². The first-order valence-corrected chi connectivity index (χ1v) is 6.79. The highest BCUT2D eigenvalue weighted by Gasteiger charge is 2.32. The van der Waals surface area contributed by atoms with E-state index in [1.165, 1.54) is 4.31 Å². The molecule has 0 amide bonds. The molecule has 1 aromatic heterocycles. The molecule has 2 rings (SSSR count). The maximum Gasteiger partial charge on any atom is 0.244 e. The van der Waals surface area contributed by atoms with Crippen molar-refractivity contribution < 1.29 is 12.8 Å². The fraction of sp³-hybridized carbons (Fsp3) is 0.500. The van der Waals surface area contributed by atoms with Crippen molar-refractivity contribution in [3.63, 3.8) is 0 Å². The number of pyridine rings is 1. The Bertz CT molecular complexity index is 512. The summed E-state index contributed by atoms with van der Waals surface area (Å²) in [7, 11) is -3.63. The number of halogens is 2. The quantitative estimate of drug-likeness (QED) is 0.886. The van der Waals surface area contributed by atoms with Crippen LogP contribution in [-0.2, 0) is 10.0 Å². The van der Waals surface area contributed by atoms with Crippen molar-refractivity contribution in [2.24, 2.45) is 11.7 Å². The molecule has 8 heteroatoms. The van der Waals surface area contributed by atoms with E-state index in [0.29, 0.717) is 19.6 Å². The second-order valence-electron chi connectivity index (χ2n) is 4.09. The van der Waals surface area contributed by atoms with Crippen molar-refractivity contribution in [1.29, 1.82) is 0 Å². The van der Waals surface area contributed by atoms with Gasteiger partial charge in [-0.15, -0.1) is 12.4 Å². The van der Waals surface area contributed by atoms with Crippen LogP contribution in [0.15, 0.2) is 23.4 Å². The van der Waals surface area contributed by atoms with Crippen molar-refractivity contribution in [3.05, 3.63) is 24.3 Å². The fourth-order valence-corrected chi connectivity index (χ4v) is 3.40. The number of sulfonamides is 1. The van der Waals surface area contributed by atoms with E-state index < -0.39 is 15.8 Å². The number of nitrogens with zero attached hydrogens (tertiary/aromatic N) is 2. The summed E-state index contributed by atoms with van der Waals surface area (Å²) in [5, 5.41) is 0. The van der Waals surface area contributed by atoms with E-state index in [4.69, 9.17) is 5.73 Å². The van der Waals surface area contributed by atoms with Gasteiger partial charge >= 0.3 is 0 Å². The normalized spacial score (nSPS) is 20.7. The Labute approximate surface area is 112 Å². The third-order valence-corrected chi connectivity index (χ3v) is 4.73. The Morgan fingerprint density at radius 3 is 2.78 bits per heavy atom. The lowest BCUT2D eigenvalue weighted by atomic mass is 10.1. The van der Waals surface area contributed by atoms with Crippen LogP contribution in [0.1, 0.15) is 6.42 Å². The maximum atomic E-state index is 13.0. The van der Waals surface area contributed by atoms with Crippen LogP contribution in [0.2, 0.25) is 0 Å². The van der Waals surface area contributed by atoms with Gasteiger partial charge in [0.2, 0.25) is 10.0 Å².